The molecule has 0 aliphatic carbocycles. The number of H-pyrrole nitrogens is 3. The Labute approximate surface area is 120 Å². The van der Waals surface area contributed by atoms with Gasteiger partial charge in [0.15, 0.2) is 0 Å². The highest BCUT2D eigenvalue weighted by molar-refractivity contribution is 5.89. The van der Waals surface area contributed by atoms with E-state index in [1.54, 1.807) is 24.8 Å². The van der Waals surface area contributed by atoms with E-state index in [0.717, 1.165) is 33.9 Å². The van der Waals surface area contributed by atoms with Gasteiger partial charge in [-0.2, -0.15) is 5.10 Å². The molecule has 6 heteroatoms. The minimum absolute atomic E-state index is 0.760. The Morgan fingerprint density at radius 3 is 2.76 bits per heavy atom. The van der Waals surface area contributed by atoms with Crippen LogP contribution in [0, 0.1) is 6.20 Å². The van der Waals surface area contributed by atoms with Crippen LogP contribution < -0.4 is 0 Å². The molecule has 1 radical (unpaired) electrons. The lowest BCUT2D eigenvalue weighted by Crippen LogP contribution is -1.94. The summed E-state index contributed by atoms with van der Waals surface area (Å²) in [5, 5.41) is 7.05. The molecule has 0 amide bonds. The van der Waals surface area contributed by atoms with Crippen LogP contribution in [0.3, 0.4) is 0 Å². The van der Waals surface area contributed by atoms with E-state index in [0.29, 0.717) is 0 Å². The highest BCUT2D eigenvalue weighted by Crippen LogP contribution is 2.35. The van der Waals surface area contributed by atoms with E-state index in [2.05, 4.69) is 36.3 Å². The van der Waals surface area contributed by atoms with Crippen LogP contribution in [0.1, 0.15) is 0 Å². The van der Waals surface area contributed by atoms with Crippen LogP contribution in [0.15, 0.2) is 49.2 Å². The first-order chi connectivity index (χ1) is 10.4. The van der Waals surface area contributed by atoms with Crippen LogP contribution in [0.5, 0.6) is 0 Å². The number of hydrogen-bond donors (Lipinski definition) is 3. The van der Waals surface area contributed by atoms with Crippen LogP contribution >= 0.6 is 0 Å². The third kappa shape index (κ3) is 1.93. The number of aromatic nitrogens is 6. The zero-order chi connectivity index (χ0) is 14.1. The van der Waals surface area contributed by atoms with E-state index in [4.69, 9.17) is 0 Å². The second-order valence-electron chi connectivity index (χ2n) is 4.51. The minimum atomic E-state index is 0.760. The first kappa shape index (κ1) is 11.7. The van der Waals surface area contributed by atoms with E-state index in [1.165, 1.54) is 0 Å². The Hall–Kier alpha value is -3.15. The molecule has 21 heavy (non-hydrogen) atoms. The second-order valence-corrected chi connectivity index (χ2v) is 4.51. The third-order valence-corrected chi connectivity index (χ3v) is 3.27. The van der Waals surface area contributed by atoms with Gasteiger partial charge in [-0.25, -0.2) is 4.98 Å². The van der Waals surface area contributed by atoms with Crippen LogP contribution in [0.25, 0.3) is 33.9 Å². The average Bonchev–Trinajstić information content (AvgIpc) is 3.28. The lowest BCUT2D eigenvalue weighted by atomic mass is 9.99. The molecule has 0 saturated carbocycles. The molecular weight excluding hydrogens is 264 g/mol. The Morgan fingerprint density at radius 2 is 2.05 bits per heavy atom. The summed E-state index contributed by atoms with van der Waals surface area (Å²) in [6.45, 7) is 0. The van der Waals surface area contributed by atoms with Crippen molar-refractivity contribution in [1.29, 1.82) is 0 Å². The fourth-order valence-electron chi connectivity index (χ4n) is 2.35. The quantitative estimate of drug-likeness (QED) is 0.537. The maximum atomic E-state index is 4.37. The smallest absolute Gasteiger partial charge is 0.138 e. The highest BCUT2D eigenvalue weighted by atomic mass is 15.1. The zero-order valence-electron chi connectivity index (χ0n) is 11.0. The minimum Gasteiger partial charge on any atom is -0.361 e. The van der Waals surface area contributed by atoms with Crippen molar-refractivity contribution in [2.45, 2.75) is 0 Å². The van der Waals surface area contributed by atoms with Gasteiger partial charge in [0.2, 0.25) is 0 Å². The van der Waals surface area contributed by atoms with Crippen LogP contribution in [0.4, 0.5) is 0 Å². The van der Waals surface area contributed by atoms with Crippen molar-refractivity contribution >= 4 is 0 Å². The van der Waals surface area contributed by atoms with Gasteiger partial charge in [0.1, 0.15) is 5.82 Å². The summed E-state index contributed by atoms with van der Waals surface area (Å²) in [6.07, 6.45) is 12.0. The van der Waals surface area contributed by atoms with Crippen LogP contribution in [-0.2, 0) is 0 Å². The van der Waals surface area contributed by atoms with Gasteiger partial charge in [0.25, 0.3) is 0 Å². The van der Waals surface area contributed by atoms with Gasteiger partial charge >= 0.3 is 0 Å². The Morgan fingerprint density at radius 1 is 1.05 bits per heavy atom. The summed E-state index contributed by atoms with van der Waals surface area (Å²) in [6, 6.07) is 5.84. The lowest BCUT2D eigenvalue weighted by Gasteiger charge is -2.09. The maximum absolute atomic E-state index is 4.37. The summed E-state index contributed by atoms with van der Waals surface area (Å²) >= 11 is 0. The summed E-state index contributed by atoms with van der Waals surface area (Å²) in [5.41, 5.74) is 4.43. The molecule has 0 saturated heterocycles. The average molecular weight is 275 g/mol. The van der Waals surface area contributed by atoms with Gasteiger partial charge in [-0.3, -0.25) is 10.1 Å². The van der Waals surface area contributed by atoms with Gasteiger partial charge in [-0.15, -0.1) is 0 Å². The largest absolute Gasteiger partial charge is 0.361 e. The second kappa shape index (κ2) is 4.75. The number of nitrogens with one attached hydrogen (secondary N) is 3. The van der Waals surface area contributed by atoms with E-state index >= 15 is 0 Å². The standard InChI is InChI=1S/C15H11N6/c1-2-12(17-4-1)10-8-16-9-11(13-3-5-20-21-13)14(10)15-18-6-7-19-15/h1-8,17H,(H,18,19)(H,20,21). The van der Waals surface area contributed by atoms with E-state index in [1.807, 2.05) is 24.4 Å². The molecule has 4 rings (SSSR count). The normalized spacial score (nSPS) is 10.9. The van der Waals surface area contributed by atoms with Gasteiger partial charge in [0, 0.05) is 53.4 Å². The van der Waals surface area contributed by atoms with E-state index < -0.39 is 0 Å². The van der Waals surface area contributed by atoms with Crippen LogP contribution in [0.2, 0.25) is 0 Å². The summed E-state index contributed by atoms with van der Waals surface area (Å²) < 4.78 is 0. The third-order valence-electron chi connectivity index (χ3n) is 3.27. The molecule has 0 bridgehead atoms. The number of imidazole rings is 1. The van der Waals surface area contributed by atoms with Gasteiger partial charge in [-0.1, -0.05) is 0 Å². The zero-order valence-corrected chi connectivity index (χ0v) is 11.0. The van der Waals surface area contributed by atoms with Gasteiger partial charge in [-0.05, 0) is 18.2 Å². The van der Waals surface area contributed by atoms with Crippen molar-refractivity contribution < 1.29 is 0 Å². The molecule has 4 heterocycles. The molecule has 0 aromatic carbocycles. The fourth-order valence-corrected chi connectivity index (χ4v) is 2.35. The topological polar surface area (TPSA) is 86.0 Å². The van der Waals surface area contributed by atoms with Crippen molar-refractivity contribution in [2.24, 2.45) is 0 Å². The predicted octanol–water partition coefficient (Wildman–Crippen LogP) is 2.66. The van der Waals surface area contributed by atoms with Crippen molar-refractivity contribution in [3.63, 3.8) is 0 Å². The molecular formula is C15H11N6. The van der Waals surface area contributed by atoms with E-state index in [-0.39, 0.29) is 0 Å². The first-order valence-corrected chi connectivity index (χ1v) is 6.48. The Balaban J connectivity index is 2.03. The lowest BCUT2D eigenvalue weighted by molar-refractivity contribution is 1.09. The monoisotopic (exact) mass is 275 g/mol. The summed E-state index contributed by atoms with van der Waals surface area (Å²) in [7, 11) is 0. The molecule has 4 aromatic heterocycles. The number of aromatic amines is 3. The molecule has 0 fully saturated rings. The Kier molecular flexibility index (Phi) is 2.64. The number of pyridine rings is 1. The molecule has 0 unspecified atom stereocenters. The summed E-state index contributed by atoms with van der Waals surface area (Å²) in [5.74, 6) is 0.760. The molecule has 0 spiro atoms. The van der Waals surface area contributed by atoms with E-state index in [9.17, 15) is 0 Å². The highest BCUT2D eigenvalue weighted by Gasteiger charge is 2.18. The number of hydrogen-bond acceptors (Lipinski definition) is 3. The van der Waals surface area contributed by atoms with Crippen molar-refractivity contribution in [1.82, 2.24) is 30.1 Å². The molecule has 3 N–H and O–H groups in total. The van der Waals surface area contributed by atoms with Crippen molar-refractivity contribution in [2.75, 3.05) is 0 Å². The van der Waals surface area contributed by atoms with Gasteiger partial charge in [0.05, 0.1) is 11.9 Å². The first-order valence-electron chi connectivity index (χ1n) is 6.48. The molecule has 101 valence electrons. The maximum Gasteiger partial charge on any atom is 0.138 e. The molecule has 4 aromatic rings. The summed E-state index contributed by atoms with van der Waals surface area (Å²) in [4.78, 5) is 15.0. The molecule has 0 aliphatic rings. The fraction of sp³-hybridized carbons (Fsp3) is 0. The predicted molar refractivity (Wildman–Crippen MR) is 78.0 cm³/mol. The van der Waals surface area contributed by atoms with Gasteiger partial charge < -0.3 is 9.97 Å². The van der Waals surface area contributed by atoms with Crippen molar-refractivity contribution in [3.05, 3.63) is 55.4 Å². The SMILES string of the molecule is [c]1ncc(-c2ccc[nH]2)c(-c2ncc[nH]2)c1-c1cc[nH]n1. The molecule has 0 aliphatic heterocycles. The number of rotatable bonds is 3. The molecule has 6 nitrogen and oxygen atoms in total. The molecule has 0 atom stereocenters. The van der Waals surface area contributed by atoms with Crippen LogP contribution in [-0.4, -0.2) is 30.1 Å². The van der Waals surface area contributed by atoms with Crippen molar-refractivity contribution in [3.8, 4) is 33.9 Å². The Bertz CT molecular complexity index is 776. The number of nitrogens with zero attached hydrogens (tertiary/aromatic N) is 3.